The van der Waals surface area contributed by atoms with E-state index in [4.69, 9.17) is 9.15 Å². The summed E-state index contributed by atoms with van der Waals surface area (Å²) in [5.41, 5.74) is 0.799. The number of rotatable bonds is 4. The minimum atomic E-state index is -0.438. The molecule has 0 aromatic carbocycles. The largest absolute Gasteiger partial charge is 0.463 e. The van der Waals surface area contributed by atoms with Gasteiger partial charge in [0.15, 0.2) is 0 Å². The predicted molar refractivity (Wildman–Crippen MR) is 79.2 cm³/mol. The summed E-state index contributed by atoms with van der Waals surface area (Å²) in [6.45, 7) is 7.61. The van der Waals surface area contributed by atoms with Crippen molar-refractivity contribution in [2.75, 3.05) is 20.2 Å². The first-order valence-electron chi connectivity index (χ1n) is 7.54. The molecule has 0 radical (unpaired) electrons. The van der Waals surface area contributed by atoms with Crippen molar-refractivity contribution in [2.45, 2.75) is 45.8 Å². The number of piperidine rings is 1. The van der Waals surface area contributed by atoms with Gasteiger partial charge < -0.3 is 14.3 Å². The van der Waals surface area contributed by atoms with Crippen LogP contribution in [0.5, 0.6) is 0 Å². The smallest absolute Gasteiger partial charge is 0.374 e. The topological polar surface area (TPSA) is 62.9 Å². The summed E-state index contributed by atoms with van der Waals surface area (Å²) in [5.74, 6) is 0.923. The fraction of sp³-hybridized carbons (Fsp3) is 0.688. The van der Waals surface area contributed by atoms with E-state index in [1.807, 2.05) is 19.9 Å². The first-order valence-corrected chi connectivity index (χ1v) is 7.54. The number of furan rings is 1. The number of carbonyl (C=O) groups excluding carboxylic acids is 1. The van der Waals surface area contributed by atoms with Gasteiger partial charge >= 0.3 is 5.97 Å². The zero-order valence-corrected chi connectivity index (χ0v) is 13.3. The molecule has 5 nitrogen and oxygen atoms in total. The molecule has 1 fully saturated rings. The Morgan fingerprint density at radius 3 is 2.86 bits per heavy atom. The van der Waals surface area contributed by atoms with E-state index in [0.29, 0.717) is 5.92 Å². The summed E-state index contributed by atoms with van der Waals surface area (Å²) in [4.78, 5) is 13.9. The molecule has 0 bridgehead atoms. The number of aryl methyl sites for hydroxylation is 1. The quantitative estimate of drug-likeness (QED) is 0.865. The third-order valence-corrected chi connectivity index (χ3v) is 4.44. The van der Waals surface area contributed by atoms with Gasteiger partial charge in [0.25, 0.3) is 0 Å². The van der Waals surface area contributed by atoms with Crippen LogP contribution in [-0.4, -0.2) is 42.3 Å². The van der Waals surface area contributed by atoms with Crippen LogP contribution in [-0.2, 0) is 4.74 Å². The number of aliphatic hydroxyl groups is 1. The number of hydrogen-bond donors (Lipinski definition) is 1. The van der Waals surface area contributed by atoms with Crippen molar-refractivity contribution in [3.63, 3.8) is 0 Å². The molecule has 0 spiro atoms. The van der Waals surface area contributed by atoms with E-state index in [-0.39, 0.29) is 17.9 Å². The van der Waals surface area contributed by atoms with Crippen LogP contribution in [0.2, 0.25) is 0 Å². The van der Waals surface area contributed by atoms with Gasteiger partial charge in [0.1, 0.15) is 5.76 Å². The van der Waals surface area contributed by atoms with E-state index in [2.05, 4.69) is 11.8 Å². The highest BCUT2D eigenvalue weighted by atomic mass is 16.5. The van der Waals surface area contributed by atoms with Crippen LogP contribution in [0.4, 0.5) is 0 Å². The fourth-order valence-corrected chi connectivity index (χ4v) is 2.97. The predicted octanol–water partition coefficient (Wildman–Crippen LogP) is 2.53. The maximum absolute atomic E-state index is 11.6. The van der Waals surface area contributed by atoms with Gasteiger partial charge in [-0.3, -0.25) is 4.90 Å². The Bertz CT molecular complexity index is 494. The van der Waals surface area contributed by atoms with Gasteiger partial charge in [0, 0.05) is 12.1 Å². The highest BCUT2D eigenvalue weighted by molar-refractivity contribution is 5.87. The van der Waals surface area contributed by atoms with Crippen LogP contribution in [0, 0.1) is 12.8 Å². The second-order valence-corrected chi connectivity index (χ2v) is 5.97. The first-order chi connectivity index (χ1) is 9.93. The fourth-order valence-electron chi connectivity index (χ4n) is 2.97. The van der Waals surface area contributed by atoms with Crippen LogP contribution >= 0.6 is 0 Å². The number of hydrogen-bond acceptors (Lipinski definition) is 5. The number of aliphatic hydroxyl groups excluding tert-OH is 1. The molecule has 0 aliphatic carbocycles. The van der Waals surface area contributed by atoms with Crippen LogP contribution in [0.15, 0.2) is 10.5 Å². The Balaban J connectivity index is 2.12. The number of methoxy groups -OCH3 is 1. The van der Waals surface area contributed by atoms with Crippen molar-refractivity contribution >= 4 is 5.97 Å². The maximum atomic E-state index is 11.6. The summed E-state index contributed by atoms with van der Waals surface area (Å²) < 4.78 is 10.4. The molecule has 1 aromatic heterocycles. The normalized spacial score (nSPS) is 22.8. The summed E-state index contributed by atoms with van der Waals surface area (Å²) >= 11 is 0. The van der Waals surface area contributed by atoms with Crippen molar-refractivity contribution in [3.8, 4) is 0 Å². The molecule has 2 rings (SSSR count). The van der Waals surface area contributed by atoms with Gasteiger partial charge in [0.2, 0.25) is 5.76 Å². The zero-order valence-electron chi connectivity index (χ0n) is 13.3. The average molecular weight is 295 g/mol. The number of esters is 1. The molecule has 1 aliphatic heterocycles. The Morgan fingerprint density at radius 2 is 2.24 bits per heavy atom. The summed E-state index contributed by atoms with van der Waals surface area (Å²) in [6, 6.07) is 1.99. The molecule has 1 N–H and O–H groups in total. The van der Waals surface area contributed by atoms with E-state index in [0.717, 1.165) is 37.3 Å². The standard InChI is InChI=1S/C16H25NO4/c1-10-8-14(21-15(10)16(19)20-4)11(2)17-7-5-6-13(9-17)12(3)18/h8,11-13,18H,5-7,9H2,1-4H3. The van der Waals surface area contributed by atoms with Gasteiger partial charge in [-0.2, -0.15) is 0 Å². The molecule has 3 unspecified atom stereocenters. The lowest BCUT2D eigenvalue weighted by Gasteiger charge is -2.37. The lowest BCUT2D eigenvalue weighted by Crippen LogP contribution is -2.40. The van der Waals surface area contributed by atoms with E-state index in [9.17, 15) is 9.90 Å². The van der Waals surface area contributed by atoms with Crippen LogP contribution in [0.25, 0.3) is 0 Å². The molecule has 1 aromatic rings. The third kappa shape index (κ3) is 3.47. The lowest BCUT2D eigenvalue weighted by molar-refractivity contribution is 0.0415. The van der Waals surface area contributed by atoms with Gasteiger partial charge in [-0.05, 0) is 52.1 Å². The van der Waals surface area contributed by atoms with E-state index in [1.165, 1.54) is 7.11 Å². The molecular formula is C16H25NO4. The summed E-state index contributed by atoms with van der Waals surface area (Å²) in [5, 5.41) is 9.79. The molecular weight excluding hydrogens is 270 g/mol. The summed E-state index contributed by atoms with van der Waals surface area (Å²) in [7, 11) is 1.35. The lowest BCUT2D eigenvalue weighted by atomic mass is 9.92. The van der Waals surface area contributed by atoms with Crippen molar-refractivity contribution in [3.05, 3.63) is 23.2 Å². The van der Waals surface area contributed by atoms with Gasteiger partial charge in [-0.25, -0.2) is 4.79 Å². The van der Waals surface area contributed by atoms with Crippen molar-refractivity contribution in [1.82, 2.24) is 4.90 Å². The van der Waals surface area contributed by atoms with Crippen LogP contribution in [0.3, 0.4) is 0 Å². The van der Waals surface area contributed by atoms with Gasteiger partial charge in [-0.15, -0.1) is 0 Å². The summed E-state index contributed by atoms with van der Waals surface area (Å²) in [6.07, 6.45) is 1.85. The molecule has 2 heterocycles. The van der Waals surface area contributed by atoms with Crippen molar-refractivity contribution in [1.29, 1.82) is 0 Å². The SMILES string of the molecule is COC(=O)c1oc(C(C)N2CCCC(C(C)O)C2)cc1C. The highest BCUT2D eigenvalue weighted by Gasteiger charge is 2.29. The van der Waals surface area contributed by atoms with Crippen molar-refractivity contribution in [2.24, 2.45) is 5.92 Å². The Hall–Kier alpha value is -1.33. The van der Waals surface area contributed by atoms with Gasteiger partial charge in [0.05, 0.1) is 19.3 Å². The molecule has 3 atom stereocenters. The third-order valence-electron chi connectivity index (χ3n) is 4.44. The Morgan fingerprint density at radius 1 is 1.52 bits per heavy atom. The molecule has 0 saturated carbocycles. The molecule has 1 aliphatic rings. The minimum absolute atomic E-state index is 0.0867. The van der Waals surface area contributed by atoms with Crippen LogP contribution < -0.4 is 0 Å². The second kappa shape index (κ2) is 6.62. The Labute approximate surface area is 125 Å². The van der Waals surface area contributed by atoms with E-state index in [1.54, 1.807) is 0 Å². The number of likely N-dealkylation sites (tertiary alicyclic amines) is 1. The minimum Gasteiger partial charge on any atom is -0.463 e. The molecule has 21 heavy (non-hydrogen) atoms. The molecule has 0 amide bonds. The van der Waals surface area contributed by atoms with Crippen LogP contribution in [0.1, 0.15) is 54.6 Å². The Kier molecular flexibility index (Phi) is 5.06. The number of ether oxygens (including phenoxy) is 1. The van der Waals surface area contributed by atoms with Crippen molar-refractivity contribution < 1.29 is 19.1 Å². The molecule has 1 saturated heterocycles. The van der Waals surface area contributed by atoms with Gasteiger partial charge in [-0.1, -0.05) is 0 Å². The van der Waals surface area contributed by atoms with E-state index < -0.39 is 5.97 Å². The molecule has 118 valence electrons. The monoisotopic (exact) mass is 295 g/mol. The maximum Gasteiger partial charge on any atom is 0.374 e. The second-order valence-electron chi connectivity index (χ2n) is 5.97. The molecule has 5 heteroatoms. The average Bonchev–Trinajstić information content (AvgIpc) is 2.87. The number of carbonyl (C=O) groups is 1. The zero-order chi connectivity index (χ0) is 15.6. The van der Waals surface area contributed by atoms with E-state index >= 15 is 0 Å². The number of nitrogens with zero attached hydrogens (tertiary/aromatic N) is 1. The highest BCUT2D eigenvalue weighted by Crippen LogP contribution is 2.30. The first kappa shape index (κ1) is 16.0.